The van der Waals surface area contributed by atoms with Crippen LogP contribution in [0.1, 0.15) is 17.4 Å². The summed E-state index contributed by atoms with van der Waals surface area (Å²) < 4.78 is 0. The Morgan fingerprint density at radius 2 is 2.27 bits per heavy atom. The number of aromatic nitrogens is 1. The molecule has 0 aliphatic heterocycles. The zero-order valence-corrected chi connectivity index (χ0v) is 9.19. The number of nitrogens with two attached hydrogens (primary N) is 1. The van der Waals surface area contributed by atoms with Crippen LogP contribution in [0.25, 0.3) is 0 Å². The van der Waals surface area contributed by atoms with Crippen molar-refractivity contribution in [3.63, 3.8) is 0 Å². The van der Waals surface area contributed by atoms with Crippen LogP contribution in [-0.2, 0) is 4.79 Å². The van der Waals surface area contributed by atoms with Crippen LogP contribution in [0.15, 0.2) is 12.1 Å². The lowest BCUT2D eigenvalue weighted by atomic mass is 10.5. The Bertz CT molecular complexity index is 362. The zero-order chi connectivity index (χ0) is 11.3. The van der Waals surface area contributed by atoms with Crippen molar-refractivity contribution in [3.8, 4) is 0 Å². The van der Waals surface area contributed by atoms with Gasteiger partial charge in [0.2, 0.25) is 11.0 Å². The summed E-state index contributed by atoms with van der Waals surface area (Å²) in [4.78, 5) is 24.7. The third kappa shape index (κ3) is 4.07. The Labute approximate surface area is 91.8 Å². The van der Waals surface area contributed by atoms with Crippen LogP contribution in [0.4, 0.5) is 5.82 Å². The lowest BCUT2D eigenvalue weighted by Crippen LogP contribution is -2.22. The molecule has 1 amide bonds. The van der Waals surface area contributed by atoms with Gasteiger partial charge in [-0.25, -0.2) is 0 Å². The molecule has 0 radical (unpaired) electrons. The average molecular weight is 227 g/mol. The van der Waals surface area contributed by atoms with Crippen LogP contribution >= 0.6 is 11.8 Å². The third-order valence-corrected chi connectivity index (χ3v) is 2.53. The number of H-pyrrole nitrogens is 1. The Hall–Kier alpha value is -1.43. The van der Waals surface area contributed by atoms with E-state index in [1.165, 1.54) is 6.92 Å². The van der Waals surface area contributed by atoms with Gasteiger partial charge in [0.15, 0.2) is 0 Å². The van der Waals surface area contributed by atoms with Crippen LogP contribution < -0.4 is 11.1 Å². The van der Waals surface area contributed by atoms with Gasteiger partial charge in [-0.1, -0.05) is 11.8 Å². The molecule has 15 heavy (non-hydrogen) atoms. The van der Waals surface area contributed by atoms with Gasteiger partial charge in [-0.2, -0.15) is 0 Å². The maximum absolute atomic E-state index is 11.5. The van der Waals surface area contributed by atoms with Gasteiger partial charge < -0.3 is 16.0 Å². The van der Waals surface area contributed by atoms with E-state index in [1.807, 2.05) is 0 Å². The van der Waals surface area contributed by atoms with Gasteiger partial charge >= 0.3 is 0 Å². The molecule has 0 aliphatic rings. The van der Waals surface area contributed by atoms with Gasteiger partial charge in [0, 0.05) is 19.2 Å². The zero-order valence-electron chi connectivity index (χ0n) is 8.37. The second kappa shape index (κ2) is 5.45. The van der Waals surface area contributed by atoms with Gasteiger partial charge in [0.1, 0.15) is 5.82 Å². The number of hydrogen-bond acceptors (Lipinski definition) is 4. The van der Waals surface area contributed by atoms with Crippen molar-refractivity contribution >= 4 is 28.6 Å². The molecule has 1 aromatic rings. The number of carbonyl (C=O) groups excluding carboxylic acids is 2. The third-order valence-electron chi connectivity index (χ3n) is 1.64. The lowest BCUT2D eigenvalue weighted by molar-refractivity contribution is -0.118. The summed E-state index contributed by atoms with van der Waals surface area (Å²) in [5.74, 6) is 0.935. The van der Waals surface area contributed by atoms with Crippen LogP contribution in [0, 0.1) is 0 Å². The largest absolute Gasteiger partial charge is 0.385 e. The minimum absolute atomic E-state index is 0.0722. The molecule has 5 nitrogen and oxygen atoms in total. The first kappa shape index (κ1) is 11.6. The van der Waals surface area contributed by atoms with Crippen molar-refractivity contribution < 1.29 is 9.59 Å². The van der Waals surface area contributed by atoms with Crippen LogP contribution in [0.3, 0.4) is 0 Å². The molecule has 0 bridgehead atoms. The molecule has 0 saturated heterocycles. The van der Waals surface area contributed by atoms with Crippen LogP contribution in [0.2, 0.25) is 0 Å². The van der Waals surface area contributed by atoms with E-state index in [0.29, 0.717) is 23.8 Å². The van der Waals surface area contributed by atoms with E-state index in [1.54, 1.807) is 12.1 Å². The number of thioether (sulfide) groups is 1. The number of amides is 1. The normalized spacial score (nSPS) is 9.93. The second-order valence-corrected chi connectivity index (χ2v) is 4.01. The van der Waals surface area contributed by atoms with Gasteiger partial charge in [-0.3, -0.25) is 9.59 Å². The fourth-order valence-electron chi connectivity index (χ4n) is 0.980. The standard InChI is InChI=1S/C9H13N3O2S/c1-6(13)11-4-5-15-9(14)7-2-3-8(10)12-7/h2-3,12H,4-5,10H2,1H3,(H,11,13). The molecule has 0 spiro atoms. The van der Waals surface area contributed by atoms with Gasteiger partial charge in [-0.15, -0.1) is 0 Å². The minimum atomic E-state index is -0.0906. The van der Waals surface area contributed by atoms with Crippen LogP contribution in [-0.4, -0.2) is 28.3 Å². The SMILES string of the molecule is CC(=O)NCCSC(=O)c1ccc(N)[nH]1. The number of carbonyl (C=O) groups is 2. The molecule has 0 unspecified atom stereocenters. The highest BCUT2D eigenvalue weighted by molar-refractivity contribution is 8.14. The van der Waals surface area contributed by atoms with Crippen molar-refractivity contribution in [1.82, 2.24) is 10.3 Å². The second-order valence-electron chi connectivity index (χ2n) is 2.95. The first-order valence-corrected chi connectivity index (χ1v) is 5.44. The quantitative estimate of drug-likeness (QED) is 0.657. The Morgan fingerprint density at radius 1 is 1.53 bits per heavy atom. The summed E-state index contributed by atoms with van der Waals surface area (Å²) in [6.45, 7) is 1.93. The summed E-state index contributed by atoms with van der Waals surface area (Å²) in [6, 6.07) is 3.28. The molecule has 1 aromatic heterocycles. The molecule has 0 saturated carbocycles. The molecular formula is C9H13N3O2S. The predicted octanol–water partition coefficient (Wildman–Crippen LogP) is 0.606. The Kier molecular flexibility index (Phi) is 4.23. The molecule has 0 fully saturated rings. The molecule has 0 aromatic carbocycles. The molecule has 4 N–H and O–H groups in total. The first-order chi connectivity index (χ1) is 7.09. The van der Waals surface area contributed by atoms with Crippen molar-refractivity contribution in [2.24, 2.45) is 0 Å². The summed E-state index contributed by atoms with van der Waals surface area (Å²) in [5, 5.41) is 2.54. The number of aromatic amines is 1. The highest BCUT2D eigenvalue weighted by Gasteiger charge is 2.07. The highest BCUT2D eigenvalue weighted by Crippen LogP contribution is 2.12. The van der Waals surface area contributed by atoms with Crippen LogP contribution in [0.5, 0.6) is 0 Å². The van der Waals surface area contributed by atoms with E-state index in [2.05, 4.69) is 10.3 Å². The van der Waals surface area contributed by atoms with E-state index in [0.717, 1.165) is 11.8 Å². The number of anilines is 1. The molecule has 0 aliphatic carbocycles. The highest BCUT2D eigenvalue weighted by atomic mass is 32.2. The molecular weight excluding hydrogens is 214 g/mol. The van der Waals surface area contributed by atoms with Gasteiger partial charge in [-0.05, 0) is 12.1 Å². The van der Waals surface area contributed by atoms with E-state index in [9.17, 15) is 9.59 Å². The number of rotatable bonds is 4. The van der Waals surface area contributed by atoms with E-state index >= 15 is 0 Å². The first-order valence-electron chi connectivity index (χ1n) is 4.45. The molecule has 82 valence electrons. The fourth-order valence-corrected chi connectivity index (χ4v) is 1.64. The Balaban J connectivity index is 2.28. The maximum Gasteiger partial charge on any atom is 0.235 e. The summed E-state index contributed by atoms with van der Waals surface area (Å²) >= 11 is 1.14. The maximum atomic E-state index is 11.5. The molecule has 1 heterocycles. The predicted molar refractivity (Wildman–Crippen MR) is 60.7 cm³/mol. The summed E-state index contributed by atoms with van der Waals surface area (Å²) in [6.07, 6.45) is 0. The molecule has 0 atom stereocenters. The summed E-state index contributed by atoms with van der Waals surface area (Å²) in [7, 11) is 0. The van der Waals surface area contributed by atoms with E-state index < -0.39 is 0 Å². The van der Waals surface area contributed by atoms with Gasteiger partial charge in [0.05, 0.1) is 5.69 Å². The van der Waals surface area contributed by atoms with E-state index in [-0.39, 0.29) is 11.0 Å². The number of nitrogens with one attached hydrogen (secondary N) is 2. The van der Waals surface area contributed by atoms with Crippen molar-refractivity contribution in [1.29, 1.82) is 0 Å². The number of hydrogen-bond donors (Lipinski definition) is 3. The van der Waals surface area contributed by atoms with Gasteiger partial charge in [0.25, 0.3) is 0 Å². The van der Waals surface area contributed by atoms with Crippen molar-refractivity contribution in [2.75, 3.05) is 18.0 Å². The lowest BCUT2D eigenvalue weighted by Gasteiger charge is -2.00. The van der Waals surface area contributed by atoms with Crippen molar-refractivity contribution in [2.45, 2.75) is 6.92 Å². The minimum Gasteiger partial charge on any atom is -0.385 e. The van der Waals surface area contributed by atoms with Crippen molar-refractivity contribution in [3.05, 3.63) is 17.8 Å². The average Bonchev–Trinajstić information content (AvgIpc) is 2.59. The topological polar surface area (TPSA) is 88.0 Å². The van der Waals surface area contributed by atoms with E-state index in [4.69, 9.17) is 5.73 Å². The number of nitrogen functional groups attached to an aromatic ring is 1. The Morgan fingerprint density at radius 3 is 2.80 bits per heavy atom. The molecule has 6 heteroatoms. The summed E-state index contributed by atoms with van der Waals surface area (Å²) in [5.41, 5.74) is 5.92. The smallest absolute Gasteiger partial charge is 0.235 e. The molecule has 1 rings (SSSR count). The fraction of sp³-hybridized carbons (Fsp3) is 0.333. The monoisotopic (exact) mass is 227 g/mol.